The number of hydrogen-bond acceptors (Lipinski definition) is 3. The summed E-state index contributed by atoms with van der Waals surface area (Å²) >= 11 is 4.77. The molecule has 0 saturated heterocycles. The Morgan fingerprint density at radius 2 is 2.14 bits per heavy atom. The van der Waals surface area contributed by atoms with E-state index in [9.17, 15) is 9.90 Å². The number of aliphatic hydroxyl groups is 1. The summed E-state index contributed by atoms with van der Waals surface area (Å²) in [6.07, 6.45) is 0. The van der Waals surface area contributed by atoms with E-state index in [1.807, 2.05) is 12.1 Å². The van der Waals surface area contributed by atoms with Gasteiger partial charge in [0.2, 0.25) is 0 Å². The predicted molar refractivity (Wildman–Crippen MR) is 61.7 cm³/mol. The lowest BCUT2D eigenvalue weighted by Gasteiger charge is -2.23. The molecular formula is C9H12BrNO2S. The van der Waals surface area contributed by atoms with Crippen molar-refractivity contribution in [2.24, 2.45) is 0 Å². The Labute approximate surface area is 95.5 Å². The number of hydrogen-bond donors (Lipinski definition) is 1. The summed E-state index contributed by atoms with van der Waals surface area (Å²) in [6, 6.07) is 3.70. The molecule has 1 aromatic rings. The Morgan fingerprint density at radius 1 is 1.57 bits per heavy atom. The molecule has 0 aromatic carbocycles. The molecule has 14 heavy (non-hydrogen) atoms. The fraction of sp³-hybridized carbons (Fsp3) is 0.444. The smallest absolute Gasteiger partial charge is 0.258 e. The summed E-state index contributed by atoms with van der Waals surface area (Å²) < 4.78 is 0.961. The standard InChI is InChI=1S/C9H12BrNO2S/c1-9(2,13)8(12)11(3)7-5-4-6(10)14-7/h4-5,13H,1-3H3. The number of carbonyl (C=O) groups is 1. The molecule has 1 N–H and O–H groups in total. The van der Waals surface area contributed by atoms with Gasteiger partial charge in [-0.05, 0) is 41.9 Å². The van der Waals surface area contributed by atoms with Gasteiger partial charge in [0, 0.05) is 7.05 Å². The van der Waals surface area contributed by atoms with E-state index < -0.39 is 5.60 Å². The quantitative estimate of drug-likeness (QED) is 0.901. The van der Waals surface area contributed by atoms with E-state index in [1.165, 1.54) is 30.1 Å². The van der Waals surface area contributed by atoms with E-state index in [2.05, 4.69) is 15.9 Å². The van der Waals surface area contributed by atoms with Gasteiger partial charge in [-0.15, -0.1) is 11.3 Å². The third-order valence-corrected chi connectivity index (χ3v) is 3.42. The Bertz CT molecular complexity index is 343. The van der Waals surface area contributed by atoms with Crippen LogP contribution in [0.1, 0.15) is 13.8 Å². The van der Waals surface area contributed by atoms with E-state index in [-0.39, 0.29) is 5.91 Å². The normalized spacial score (nSPS) is 11.5. The maximum atomic E-state index is 11.6. The molecule has 3 nitrogen and oxygen atoms in total. The van der Waals surface area contributed by atoms with E-state index in [0.29, 0.717) is 0 Å². The molecule has 78 valence electrons. The third kappa shape index (κ3) is 2.56. The molecule has 5 heteroatoms. The van der Waals surface area contributed by atoms with Crippen molar-refractivity contribution in [1.29, 1.82) is 0 Å². The van der Waals surface area contributed by atoms with Crippen molar-refractivity contribution >= 4 is 38.2 Å². The first-order chi connectivity index (χ1) is 6.32. The van der Waals surface area contributed by atoms with Gasteiger partial charge in [-0.1, -0.05) is 0 Å². The van der Waals surface area contributed by atoms with Crippen LogP contribution in [-0.2, 0) is 4.79 Å². The summed E-state index contributed by atoms with van der Waals surface area (Å²) in [5.74, 6) is -0.313. The first kappa shape index (κ1) is 11.7. The first-order valence-corrected chi connectivity index (χ1v) is 5.69. The Hall–Kier alpha value is -0.390. The van der Waals surface area contributed by atoms with Crippen LogP contribution in [-0.4, -0.2) is 23.7 Å². The summed E-state index contributed by atoms with van der Waals surface area (Å²) in [6.45, 7) is 2.96. The van der Waals surface area contributed by atoms with Crippen molar-refractivity contribution in [1.82, 2.24) is 0 Å². The average molecular weight is 278 g/mol. The lowest BCUT2D eigenvalue weighted by Crippen LogP contribution is -2.42. The summed E-state index contributed by atoms with van der Waals surface area (Å²) in [5, 5.41) is 10.3. The fourth-order valence-corrected chi connectivity index (χ4v) is 2.32. The van der Waals surface area contributed by atoms with Crippen LogP contribution in [0.15, 0.2) is 15.9 Å². The van der Waals surface area contributed by atoms with Crippen molar-refractivity contribution in [3.05, 3.63) is 15.9 Å². The Kier molecular flexibility index (Phi) is 3.34. The van der Waals surface area contributed by atoms with Gasteiger partial charge in [-0.2, -0.15) is 0 Å². The monoisotopic (exact) mass is 277 g/mol. The van der Waals surface area contributed by atoms with Crippen LogP contribution in [0.3, 0.4) is 0 Å². The topological polar surface area (TPSA) is 40.5 Å². The van der Waals surface area contributed by atoms with E-state index in [4.69, 9.17) is 0 Å². The molecule has 0 unspecified atom stereocenters. The molecule has 1 amide bonds. The third-order valence-electron chi connectivity index (χ3n) is 1.72. The van der Waals surface area contributed by atoms with E-state index >= 15 is 0 Å². The highest BCUT2D eigenvalue weighted by atomic mass is 79.9. The minimum absolute atomic E-state index is 0.313. The fourth-order valence-electron chi connectivity index (χ4n) is 0.996. The summed E-state index contributed by atoms with van der Waals surface area (Å²) in [5.41, 5.74) is -1.33. The van der Waals surface area contributed by atoms with E-state index in [1.54, 1.807) is 7.05 Å². The number of rotatable bonds is 2. The first-order valence-electron chi connectivity index (χ1n) is 4.08. The average Bonchev–Trinajstić information content (AvgIpc) is 2.47. The summed E-state index contributed by atoms with van der Waals surface area (Å²) in [7, 11) is 1.65. The molecule has 0 saturated carbocycles. The molecule has 1 aromatic heterocycles. The van der Waals surface area contributed by atoms with Gasteiger partial charge in [0.1, 0.15) is 5.60 Å². The van der Waals surface area contributed by atoms with Crippen molar-refractivity contribution in [3.63, 3.8) is 0 Å². The van der Waals surface area contributed by atoms with Gasteiger partial charge in [-0.3, -0.25) is 4.79 Å². The second-order valence-corrected chi connectivity index (χ2v) is 5.94. The van der Waals surface area contributed by atoms with Crippen molar-refractivity contribution in [2.45, 2.75) is 19.4 Å². The molecule has 0 aliphatic heterocycles. The zero-order valence-electron chi connectivity index (χ0n) is 8.24. The number of likely N-dealkylation sites (N-methyl/N-ethyl adjacent to an activating group) is 1. The Balaban J connectivity index is 2.86. The van der Waals surface area contributed by atoms with Crippen LogP contribution < -0.4 is 4.90 Å². The highest BCUT2D eigenvalue weighted by Crippen LogP contribution is 2.30. The molecule has 0 fully saturated rings. The molecule has 1 heterocycles. The molecule has 0 atom stereocenters. The van der Waals surface area contributed by atoms with Gasteiger partial charge in [0.25, 0.3) is 5.91 Å². The minimum atomic E-state index is -1.33. The van der Waals surface area contributed by atoms with Crippen LogP contribution in [0, 0.1) is 0 Å². The number of amides is 1. The van der Waals surface area contributed by atoms with Crippen molar-refractivity contribution in [3.8, 4) is 0 Å². The highest BCUT2D eigenvalue weighted by molar-refractivity contribution is 9.11. The second-order valence-electron chi connectivity index (χ2n) is 3.50. The minimum Gasteiger partial charge on any atom is -0.381 e. The molecule has 0 bridgehead atoms. The molecule has 1 rings (SSSR count). The van der Waals surface area contributed by atoms with Gasteiger partial charge in [0.15, 0.2) is 0 Å². The number of carbonyl (C=O) groups excluding carboxylic acids is 1. The van der Waals surface area contributed by atoms with Gasteiger partial charge < -0.3 is 10.0 Å². The lowest BCUT2D eigenvalue weighted by atomic mass is 10.1. The maximum Gasteiger partial charge on any atom is 0.258 e. The molecule has 0 radical (unpaired) electrons. The van der Waals surface area contributed by atoms with Crippen LogP contribution in [0.5, 0.6) is 0 Å². The number of thiophene rings is 1. The number of anilines is 1. The van der Waals surface area contributed by atoms with Crippen LogP contribution in [0.2, 0.25) is 0 Å². The number of nitrogens with zero attached hydrogens (tertiary/aromatic N) is 1. The Morgan fingerprint density at radius 3 is 2.50 bits per heavy atom. The second kappa shape index (κ2) is 4.00. The van der Waals surface area contributed by atoms with Crippen LogP contribution >= 0.6 is 27.3 Å². The van der Waals surface area contributed by atoms with Crippen LogP contribution in [0.25, 0.3) is 0 Å². The predicted octanol–water partition coefficient (Wildman–Crippen LogP) is 2.24. The SMILES string of the molecule is CN(C(=O)C(C)(C)O)c1ccc(Br)s1. The van der Waals surface area contributed by atoms with Crippen molar-refractivity contribution < 1.29 is 9.90 Å². The van der Waals surface area contributed by atoms with E-state index in [0.717, 1.165) is 8.79 Å². The van der Waals surface area contributed by atoms with Gasteiger partial charge in [-0.25, -0.2) is 0 Å². The zero-order valence-corrected chi connectivity index (χ0v) is 10.6. The molecular weight excluding hydrogens is 266 g/mol. The lowest BCUT2D eigenvalue weighted by molar-refractivity contribution is -0.133. The largest absolute Gasteiger partial charge is 0.381 e. The summed E-state index contributed by atoms with van der Waals surface area (Å²) in [4.78, 5) is 13.1. The van der Waals surface area contributed by atoms with Crippen LogP contribution in [0.4, 0.5) is 5.00 Å². The van der Waals surface area contributed by atoms with Gasteiger partial charge in [0.05, 0.1) is 8.79 Å². The number of halogens is 1. The maximum absolute atomic E-state index is 11.6. The van der Waals surface area contributed by atoms with Gasteiger partial charge >= 0.3 is 0 Å². The molecule has 0 aliphatic carbocycles. The molecule has 0 spiro atoms. The highest BCUT2D eigenvalue weighted by Gasteiger charge is 2.28. The van der Waals surface area contributed by atoms with Crippen molar-refractivity contribution in [2.75, 3.05) is 11.9 Å². The zero-order chi connectivity index (χ0) is 10.9. The molecule has 0 aliphatic rings.